The number of halogens is 2. The zero-order valence-electron chi connectivity index (χ0n) is 18.1. The van der Waals surface area contributed by atoms with E-state index in [1.807, 2.05) is 19.1 Å². The SMILES string of the molecule is C=CCCc1ccc(C2CCC(C3CCC(CC/C=C/C)CC3(F)F)CC2)cc1. The van der Waals surface area contributed by atoms with Crippen molar-refractivity contribution < 1.29 is 8.78 Å². The minimum absolute atomic E-state index is 0.112. The molecule has 0 bridgehead atoms. The molecule has 1 aromatic carbocycles. The maximum Gasteiger partial charge on any atom is 0.251 e. The number of aryl methyl sites for hydroxylation is 1. The fourth-order valence-corrected chi connectivity index (χ4v) is 5.67. The van der Waals surface area contributed by atoms with Crippen molar-refractivity contribution in [1.82, 2.24) is 0 Å². The van der Waals surface area contributed by atoms with Crippen LogP contribution in [0.5, 0.6) is 0 Å². The summed E-state index contributed by atoms with van der Waals surface area (Å²) in [6.45, 7) is 5.79. The highest BCUT2D eigenvalue weighted by atomic mass is 19.3. The van der Waals surface area contributed by atoms with Crippen LogP contribution in [0.2, 0.25) is 0 Å². The van der Waals surface area contributed by atoms with E-state index in [-0.39, 0.29) is 24.2 Å². The van der Waals surface area contributed by atoms with Crippen molar-refractivity contribution >= 4 is 0 Å². The lowest BCUT2D eigenvalue weighted by Crippen LogP contribution is -2.41. The monoisotopic (exact) mass is 400 g/mol. The van der Waals surface area contributed by atoms with E-state index in [4.69, 9.17) is 0 Å². The third-order valence-electron chi connectivity index (χ3n) is 7.40. The summed E-state index contributed by atoms with van der Waals surface area (Å²) in [5, 5.41) is 0. The van der Waals surface area contributed by atoms with Gasteiger partial charge in [-0.3, -0.25) is 0 Å². The number of hydrogen-bond donors (Lipinski definition) is 0. The molecule has 2 saturated carbocycles. The molecule has 0 heterocycles. The van der Waals surface area contributed by atoms with E-state index in [2.05, 4.69) is 36.9 Å². The molecule has 1 aromatic rings. The van der Waals surface area contributed by atoms with E-state index < -0.39 is 5.92 Å². The number of allylic oxidation sites excluding steroid dienone is 3. The Bertz CT molecular complexity index is 650. The van der Waals surface area contributed by atoms with Gasteiger partial charge in [0, 0.05) is 12.3 Å². The van der Waals surface area contributed by atoms with Crippen LogP contribution in [-0.2, 0) is 6.42 Å². The summed E-state index contributed by atoms with van der Waals surface area (Å²) in [5.74, 6) is -1.89. The van der Waals surface area contributed by atoms with Crippen molar-refractivity contribution in [2.75, 3.05) is 0 Å². The van der Waals surface area contributed by atoms with E-state index in [0.29, 0.717) is 5.92 Å². The van der Waals surface area contributed by atoms with Crippen LogP contribution in [0.3, 0.4) is 0 Å². The molecule has 160 valence electrons. The number of rotatable bonds is 8. The van der Waals surface area contributed by atoms with E-state index in [0.717, 1.165) is 64.2 Å². The maximum absolute atomic E-state index is 15.0. The van der Waals surface area contributed by atoms with Gasteiger partial charge in [0.1, 0.15) is 0 Å². The van der Waals surface area contributed by atoms with Crippen LogP contribution in [0, 0.1) is 17.8 Å². The van der Waals surface area contributed by atoms with Gasteiger partial charge in [-0.2, -0.15) is 0 Å². The number of hydrogen-bond acceptors (Lipinski definition) is 0. The summed E-state index contributed by atoms with van der Waals surface area (Å²) in [5.41, 5.74) is 2.75. The molecule has 3 rings (SSSR count). The number of alkyl halides is 2. The molecule has 2 atom stereocenters. The summed E-state index contributed by atoms with van der Waals surface area (Å²) >= 11 is 0. The second-order valence-corrected chi connectivity index (χ2v) is 9.34. The Kier molecular flexibility index (Phi) is 8.09. The summed E-state index contributed by atoms with van der Waals surface area (Å²) in [6, 6.07) is 8.98. The van der Waals surface area contributed by atoms with Gasteiger partial charge in [0.25, 0.3) is 5.92 Å². The molecule has 0 saturated heterocycles. The van der Waals surface area contributed by atoms with Gasteiger partial charge in [0.15, 0.2) is 0 Å². The molecule has 0 aromatic heterocycles. The molecule has 2 unspecified atom stereocenters. The standard InChI is InChI=1S/C27H38F2/c1-3-5-7-9-22-12-19-26(27(28,29)20-22)25-17-15-24(16-18-25)23-13-10-21(11-14-23)8-6-4-2/h3-5,10-11,13-14,22,24-26H,2,6-9,12,15-20H2,1H3/b5-3+. The minimum Gasteiger partial charge on any atom is -0.207 e. The Balaban J connectivity index is 1.50. The lowest BCUT2D eigenvalue weighted by atomic mass is 9.66. The highest BCUT2D eigenvalue weighted by Crippen LogP contribution is 2.50. The molecule has 2 heteroatoms. The van der Waals surface area contributed by atoms with Crippen LogP contribution < -0.4 is 0 Å². The molecule has 0 spiro atoms. The number of benzene rings is 1. The van der Waals surface area contributed by atoms with Crippen molar-refractivity contribution in [3.05, 3.63) is 60.2 Å². The highest BCUT2D eigenvalue weighted by molar-refractivity contribution is 5.26. The van der Waals surface area contributed by atoms with Crippen molar-refractivity contribution in [3.8, 4) is 0 Å². The second-order valence-electron chi connectivity index (χ2n) is 9.34. The van der Waals surface area contributed by atoms with Gasteiger partial charge in [0.05, 0.1) is 0 Å². The second kappa shape index (κ2) is 10.5. The average Bonchev–Trinajstić information content (AvgIpc) is 2.72. The summed E-state index contributed by atoms with van der Waals surface area (Å²) < 4.78 is 29.9. The fourth-order valence-electron chi connectivity index (χ4n) is 5.67. The predicted octanol–water partition coefficient (Wildman–Crippen LogP) is 8.49. The fraction of sp³-hybridized carbons (Fsp3) is 0.630. The van der Waals surface area contributed by atoms with Gasteiger partial charge in [-0.15, -0.1) is 6.58 Å². The molecule has 0 amide bonds. The minimum atomic E-state index is -2.47. The first-order valence-corrected chi connectivity index (χ1v) is 11.7. The Morgan fingerprint density at radius 2 is 1.72 bits per heavy atom. The van der Waals surface area contributed by atoms with E-state index >= 15 is 0 Å². The third-order valence-corrected chi connectivity index (χ3v) is 7.40. The molecule has 0 aliphatic heterocycles. The summed E-state index contributed by atoms with van der Waals surface area (Å²) in [4.78, 5) is 0. The van der Waals surface area contributed by atoms with E-state index in [1.54, 1.807) is 0 Å². The Labute approximate surface area is 176 Å². The Morgan fingerprint density at radius 1 is 1.00 bits per heavy atom. The molecule has 2 aliphatic rings. The topological polar surface area (TPSA) is 0 Å². The lowest BCUT2D eigenvalue weighted by molar-refractivity contribution is -0.127. The van der Waals surface area contributed by atoms with Gasteiger partial charge in [-0.1, -0.05) is 42.5 Å². The zero-order chi connectivity index (χ0) is 20.7. The molecule has 2 aliphatic carbocycles. The molecule has 2 fully saturated rings. The van der Waals surface area contributed by atoms with Crippen LogP contribution in [-0.4, -0.2) is 5.92 Å². The Hall–Kier alpha value is -1.44. The van der Waals surface area contributed by atoms with E-state index in [1.165, 1.54) is 11.1 Å². The first kappa shape index (κ1) is 22.2. The molecular formula is C27H38F2. The van der Waals surface area contributed by atoms with Gasteiger partial charge < -0.3 is 0 Å². The van der Waals surface area contributed by atoms with Crippen molar-refractivity contribution in [3.63, 3.8) is 0 Å². The van der Waals surface area contributed by atoms with Crippen LogP contribution in [0.1, 0.15) is 88.2 Å². The quantitative estimate of drug-likeness (QED) is 0.384. The highest BCUT2D eigenvalue weighted by Gasteiger charge is 2.48. The zero-order valence-corrected chi connectivity index (χ0v) is 18.1. The normalized spacial score (nSPS) is 29.8. The smallest absolute Gasteiger partial charge is 0.207 e. The summed E-state index contributed by atoms with van der Waals surface area (Å²) in [7, 11) is 0. The maximum atomic E-state index is 15.0. The van der Waals surface area contributed by atoms with Gasteiger partial charge >= 0.3 is 0 Å². The first-order valence-electron chi connectivity index (χ1n) is 11.7. The molecule has 0 radical (unpaired) electrons. The van der Waals surface area contributed by atoms with Crippen LogP contribution in [0.4, 0.5) is 8.78 Å². The molecule has 29 heavy (non-hydrogen) atoms. The largest absolute Gasteiger partial charge is 0.251 e. The molecule has 0 nitrogen and oxygen atoms in total. The predicted molar refractivity (Wildman–Crippen MR) is 119 cm³/mol. The summed E-state index contributed by atoms with van der Waals surface area (Å²) in [6.07, 6.45) is 15.9. The van der Waals surface area contributed by atoms with Crippen LogP contribution in [0.25, 0.3) is 0 Å². The van der Waals surface area contributed by atoms with Crippen molar-refractivity contribution in [2.24, 2.45) is 17.8 Å². The van der Waals surface area contributed by atoms with Crippen molar-refractivity contribution in [1.29, 1.82) is 0 Å². The first-order chi connectivity index (χ1) is 14.0. The van der Waals surface area contributed by atoms with Crippen LogP contribution in [0.15, 0.2) is 49.1 Å². The third kappa shape index (κ3) is 6.03. The van der Waals surface area contributed by atoms with Crippen molar-refractivity contribution in [2.45, 2.75) is 89.4 Å². The lowest BCUT2D eigenvalue weighted by Gasteiger charge is -2.42. The molecule has 0 N–H and O–H groups in total. The van der Waals surface area contributed by atoms with Gasteiger partial charge in [0.2, 0.25) is 0 Å². The van der Waals surface area contributed by atoms with Gasteiger partial charge in [-0.05, 0) is 100 Å². The average molecular weight is 401 g/mol. The van der Waals surface area contributed by atoms with E-state index in [9.17, 15) is 8.78 Å². The van der Waals surface area contributed by atoms with Crippen LogP contribution >= 0.6 is 0 Å². The van der Waals surface area contributed by atoms with Gasteiger partial charge in [-0.25, -0.2) is 8.78 Å². The Morgan fingerprint density at radius 3 is 2.34 bits per heavy atom. The molecular weight excluding hydrogens is 362 g/mol.